The van der Waals surface area contributed by atoms with Crippen molar-refractivity contribution in [1.29, 1.82) is 0 Å². The summed E-state index contributed by atoms with van der Waals surface area (Å²) in [5.74, 6) is 0.611. The van der Waals surface area contributed by atoms with E-state index in [1.807, 2.05) is 0 Å². The maximum absolute atomic E-state index is 5.70. The molecule has 0 radical (unpaired) electrons. The van der Waals surface area contributed by atoms with Gasteiger partial charge in [-0.2, -0.15) is 0 Å². The Morgan fingerprint density at radius 2 is 2.45 bits per heavy atom. The first-order chi connectivity index (χ1) is 5.27. The lowest BCUT2D eigenvalue weighted by Gasteiger charge is -2.27. The maximum Gasteiger partial charge on any atom is 0.0784 e. The topological polar surface area (TPSA) is 9.23 Å². The van der Waals surface area contributed by atoms with Gasteiger partial charge in [0.25, 0.3) is 0 Å². The van der Waals surface area contributed by atoms with E-state index in [1.165, 1.54) is 5.57 Å². The van der Waals surface area contributed by atoms with Crippen LogP contribution < -0.4 is 0 Å². The van der Waals surface area contributed by atoms with Crippen LogP contribution in [-0.2, 0) is 4.74 Å². The molecule has 2 atom stereocenters. The van der Waals surface area contributed by atoms with Gasteiger partial charge in [-0.25, -0.2) is 0 Å². The van der Waals surface area contributed by atoms with Gasteiger partial charge >= 0.3 is 0 Å². The molecule has 64 valence electrons. The van der Waals surface area contributed by atoms with Crippen LogP contribution in [0.2, 0.25) is 0 Å². The van der Waals surface area contributed by atoms with Gasteiger partial charge < -0.3 is 4.74 Å². The van der Waals surface area contributed by atoms with E-state index in [4.69, 9.17) is 16.3 Å². The first kappa shape index (κ1) is 9.08. The van der Waals surface area contributed by atoms with Crippen molar-refractivity contribution in [1.82, 2.24) is 0 Å². The van der Waals surface area contributed by atoms with Crippen molar-refractivity contribution in [2.45, 2.75) is 38.9 Å². The summed E-state index contributed by atoms with van der Waals surface area (Å²) in [6.07, 6.45) is 4.82. The smallest absolute Gasteiger partial charge is 0.0784 e. The van der Waals surface area contributed by atoms with E-state index < -0.39 is 0 Å². The lowest BCUT2D eigenvalue weighted by molar-refractivity contribution is 0.0103. The van der Waals surface area contributed by atoms with Crippen molar-refractivity contribution in [2.75, 3.05) is 5.88 Å². The normalized spacial score (nSPS) is 31.7. The molecule has 0 aromatic carbocycles. The van der Waals surface area contributed by atoms with Crippen LogP contribution in [0.1, 0.15) is 26.7 Å². The van der Waals surface area contributed by atoms with Gasteiger partial charge in [0.2, 0.25) is 0 Å². The number of halogens is 1. The molecule has 0 spiro atoms. The molecule has 1 aliphatic heterocycles. The Kier molecular flexibility index (Phi) is 3.41. The standard InChI is InChI=1S/C9H15ClO/c1-3-9-7(2)4-5-8(6-10)11-9/h4,8-9H,3,5-6H2,1-2H3. The van der Waals surface area contributed by atoms with Gasteiger partial charge in [0.15, 0.2) is 0 Å². The zero-order valence-electron chi connectivity index (χ0n) is 7.14. The van der Waals surface area contributed by atoms with Crippen LogP contribution in [0.15, 0.2) is 11.6 Å². The van der Waals surface area contributed by atoms with Gasteiger partial charge in [-0.05, 0) is 25.3 Å². The second kappa shape index (κ2) is 4.13. The average Bonchev–Trinajstić information content (AvgIpc) is 2.05. The second-order valence-corrected chi connectivity index (χ2v) is 3.30. The van der Waals surface area contributed by atoms with Crippen molar-refractivity contribution in [3.05, 3.63) is 11.6 Å². The fourth-order valence-corrected chi connectivity index (χ4v) is 1.56. The minimum atomic E-state index is 0.241. The van der Waals surface area contributed by atoms with Crippen LogP contribution >= 0.6 is 11.6 Å². The van der Waals surface area contributed by atoms with Crippen molar-refractivity contribution in [2.24, 2.45) is 0 Å². The number of hydrogen-bond donors (Lipinski definition) is 0. The quantitative estimate of drug-likeness (QED) is 0.462. The molecular formula is C9H15ClO. The Hall–Kier alpha value is -0.0100. The minimum absolute atomic E-state index is 0.241. The molecule has 0 amide bonds. The van der Waals surface area contributed by atoms with Gasteiger partial charge in [0.05, 0.1) is 12.2 Å². The van der Waals surface area contributed by atoms with Crippen LogP contribution in [0.3, 0.4) is 0 Å². The fraction of sp³-hybridized carbons (Fsp3) is 0.778. The van der Waals surface area contributed by atoms with Gasteiger partial charge in [0, 0.05) is 5.88 Å². The van der Waals surface area contributed by atoms with Crippen molar-refractivity contribution < 1.29 is 4.74 Å². The SMILES string of the molecule is CCC1OC(CCl)CC=C1C. The summed E-state index contributed by atoms with van der Waals surface area (Å²) in [5, 5.41) is 0. The van der Waals surface area contributed by atoms with E-state index in [9.17, 15) is 0 Å². The van der Waals surface area contributed by atoms with Gasteiger partial charge in [0.1, 0.15) is 0 Å². The molecule has 0 aromatic rings. The molecule has 0 fully saturated rings. The van der Waals surface area contributed by atoms with E-state index in [0.29, 0.717) is 12.0 Å². The molecule has 0 bridgehead atoms. The highest BCUT2D eigenvalue weighted by molar-refractivity contribution is 6.18. The molecule has 1 aliphatic rings. The fourth-order valence-electron chi connectivity index (χ4n) is 1.36. The predicted octanol–water partition coefficient (Wildman–Crippen LogP) is 2.74. The highest BCUT2D eigenvalue weighted by atomic mass is 35.5. The Morgan fingerprint density at radius 1 is 1.73 bits per heavy atom. The predicted molar refractivity (Wildman–Crippen MR) is 48.0 cm³/mol. The lowest BCUT2D eigenvalue weighted by Crippen LogP contribution is -2.27. The summed E-state index contributed by atoms with van der Waals surface area (Å²) < 4.78 is 5.70. The van der Waals surface area contributed by atoms with E-state index in [2.05, 4.69) is 19.9 Å². The number of rotatable bonds is 2. The second-order valence-electron chi connectivity index (χ2n) is 2.99. The van der Waals surface area contributed by atoms with Crippen LogP contribution in [0.25, 0.3) is 0 Å². The highest BCUT2D eigenvalue weighted by Gasteiger charge is 2.19. The van der Waals surface area contributed by atoms with Gasteiger partial charge in [-0.15, -0.1) is 11.6 Å². The summed E-state index contributed by atoms with van der Waals surface area (Å²) in [7, 11) is 0. The summed E-state index contributed by atoms with van der Waals surface area (Å²) in [6.45, 7) is 4.26. The van der Waals surface area contributed by atoms with Crippen LogP contribution in [0.4, 0.5) is 0 Å². The minimum Gasteiger partial charge on any atom is -0.369 e. The zero-order valence-corrected chi connectivity index (χ0v) is 7.90. The van der Waals surface area contributed by atoms with E-state index in [0.717, 1.165) is 12.8 Å². The first-order valence-corrected chi connectivity index (χ1v) is 4.69. The molecule has 0 saturated carbocycles. The molecule has 1 rings (SSSR count). The molecule has 11 heavy (non-hydrogen) atoms. The van der Waals surface area contributed by atoms with E-state index in [-0.39, 0.29) is 6.10 Å². The summed E-state index contributed by atoms with van der Waals surface area (Å²) in [4.78, 5) is 0. The molecule has 2 unspecified atom stereocenters. The average molecular weight is 175 g/mol. The van der Waals surface area contributed by atoms with Gasteiger partial charge in [-0.1, -0.05) is 13.0 Å². The lowest BCUT2D eigenvalue weighted by atomic mass is 10.0. The highest BCUT2D eigenvalue weighted by Crippen LogP contribution is 2.21. The van der Waals surface area contributed by atoms with Crippen molar-refractivity contribution >= 4 is 11.6 Å². The zero-order chi connectivity index (χ0) is 8.27. The Balaban J connectivity index is 2.53. The van der Waals surface area contributed by atoms with E-state index >= 15 is 0 Å². The molecule has 2 heteroatoms. The van der Waals surface area contributed by atoms with Crippen LogP contribution in [0.5, 0.6) is 0 Å². The Bertz CT molecular complexity index is 154. The molecular weight excluding hydrogens is 160 g/mol. The molecule has 1 heterocycles. The number of alkyl halides is 1. The third-order valence-corrected chi connectivity index (χ3v) is 2.45. The van der Waals surface area contributed by atoms with Crippen molar-refractivity contribution in [3.63, 3.8) is 0 Å². The molecule has 0 N–H and O–H groups in total. The third kappa shape index (κ3) is 2.21. The molecule has 0 aromatic heterocycles. The third-order valence-electron chi connectivity index (χ3n) is 2.11. The van der Waals surface area contributed by atoms with Gasteiger partial charge in [-0.3, -0.25) is 0 Å². The van der Waals surface area contributed by atoms with E-state index in [1.54, 1.807) is 0 Å². The number of hydrogen-bond acceptors (Lipinski definition) is 1. The molecule has 1 nitrogen and oxygen atoms in total. The monoisotopic (exact) mass is 174 g/mol. The first-order valence-electron chi connectivity index (χ1n) is 4.16. The molecule has 0 aliphatic carbocycles. The Labute approximate surface area is 73.4 Å². The van der Waals surface area contributed by atoms with Crippen molar-refractivity contribution in [3.8, 4) is 0 Å². The number of ether oxygens (including phenoxy) is 1. The molecule has 0 saturated heterocycles. The van der Waals surface area contributed by atoms with Crippen LogP contribution in [-0.4, -0.2) is 18.1 Å². The Morgan fingerprint density at radius 3 is 3.00 bits per heavy atom. The summed E-state index contributed by atoms with van der Waals surface area (Å²) >= 11 is 5.70. The maximum atomic E-state index is 5.70. The van der Waals surface area contributed by atoms with Crippen LogP contribution in [0, 0.1) is 0 Å². The summed E-state index contributed by atoms with van der Waals surface area (Å²) in [6, 6.07) is 0. The largest absolute Gasteiger partial charge is 0.369 e. The summed E-state index contributed by atoms with van der Waals surface area (Å²) in [5.41, 5.74) is 1.36.